The number of carbonyl (C=O) groups is 1. The molecule has 0 fully saturated rings. The number of hydrogen-bond acceptors (Lipinski definition) is 1. The van der Waals surface area contributed by atoms with E-state index < -0.39 is 11.7 Å². The van der Waals surface area contributed by atoms with Gasteiger partial charge in [0.25, 0.3) is 0 Å². The second-order valence-electron chi connectivity index (χ2n) is 2.97. The van der Waals surface area contributed by atoms with Crippen molar-refractivity contribution in [3.8, 4) is 0 Å². The summed E-state index contributed by atoms with van der Waals surface area (Å²) in [5.41, 5.74) is 0.136. The molecule has 0 amide bonds. The van der Waals surface area contributed by atoms with Crippen LogP contribution in [-0.2, 0) is 10.7 Å². The van der Waals surface area contributed by atoms with Gasteiger partial charge in [0.1, 0.15) is 0 Å². The van der Waals surface area contributed by atoms with Crippen LogP contribution in [0.1, 0.15) is 11.1 Å². The second-order valence-corrected chi connectivity index (χ2v) is 3.83. The van der Waals surface area contributed by atoms with E-state index in [1.54, 1.807) is 6.07 Å². The van der Waals surface area contributed by atoms with Crippen LogP contribution in [0.2, 0.25) is 0 Å². The predicted molar refractivity (Wildman–Crippen MR) is 52.1 cm³/mol. The Labute approximate surface area is 87.6 Å². The van der Waals surface area contributed by atoms with E-state index in [4.69, 9.17) is 0 Å². The molecule has 1 nitrogen and oxygen atoms in total. The highest BCUT2D eigenvalue weighted by atomic mass is 79.9. The van der Waals surface area contributed by atoms with Crippen LogP contribution in [0.25, 0.3) is 6.08 Å². The Balaban J connectivity index is 2.73. The average Bonchev–Trinajstić information content (AvgIpc) is 2.13. The number of allylic oxidation sites excluding steroid dienone is 1. The monoisotopic (exact) mass is 258 g/mol. The molecule has 0 saturated heterocycles. The number of fused-ring (bicyclic) bond motifs is 1. The van der Waals surface area contributed by atoms with E-state index in [1.165, 1.54) is 18.2 Å². The standard InChI is InChI=1S/C10H5BrF2O/c11-8-3-1-2-7-6(8)4-5-9(14)10(7,12)13/h1-5H. The molecular formula is C10H5BrF2O. The van der Waals surface area contributed by atoms with Gasteiger partial charge in [-0.15, -0.1) is 0 Å². The lowest BCUT2D eigenvalue weighted by atomic mass is 9.93. The zero-order chi connectivity index (χ0) is 10.3. The third-order valence-corrected chi connectivity index (χ3v) is 2.79. The summed E-state index contributed by atoms with van der Waals surface area (Å²) >= 11 is 3.16. The molecule has 0 N–H and O–H groups in total. The quantitative estimate of drug-likeness (QED) is 0.699. The van der Waals surface area contributed by atoms with Gasteiger partial charge in [0.2, 0.25) is 5.78 Å². The first-order valence-electron chi connectivity index (χ1n) is 3.93. The van der Waals surface area contributed by atoms with Crippen molar-refractivity contribution in [1.82, 2.24) is 0 Å². The zero-order valence-corrected chi connectivity index (χ0v) is 8.51. The lowest BCUT2D eigenvalue weighted by molar-refractivity contribution is -0.139. The van der Waals surface area contributed by atoms with Crippen LogP contribution >= 0.6 is 15.9 Å². The Bertz CT molecular complexity index is 438. The molecule has 1 aliphatic carbocycles. The van der Waals surface area contributed by atoms with E-state index in [0.717, 1.165) is 6.08 Å². The van der Waals surface area contributed by atoms with Crippen molar-refractivity contribution >= 4 is 27.8 Å². The maximum absolute atomic E-state index is 13.3. The van der Waals surface area contributed by atoms with Crippen LogP contribution in [-0.4, -0.2) is 5.78 Å². The topological polar surface area (TPSA) is 17.1 Å². The number of hydrogen-bond donors (Lipinski definition) is 0. The minimum atomic E-state index is -3.39. The van der Waals surface area contributed by atoms with Gasteiger partial charge < -0.3 is 0 Å². The fourth-order valence-corrected chi connectivity index (χ4v) is 1.87. The highest BCUT2D eigenvalue weighted by Crippen LogP contribution is 2.38. The number of alkyl halides is 2. The van der Waals surface area contributed by atoms with Crippen LogP contribution in [0.3, 0.4) is 0 Å². The van der Waals surface area contributed by atoms with E-state index >= 15 is 0 Å². The summed E-state index contributed by atoms with van der Waals surface area (Å²) in [5.74, 6) is -4.56. The van der Waals surface area contributed by atoms with Gasteiger partial charge in [0.15, 0.2) is 0 Å². The molecule has 0 bridgehead atoms. The molecule has 0 radical (unpaired) electrons. The predicted octanol–water partition coefficient (Wildman–Crippen LogP) is 3.14. The lowest BCUT2D eigenvalue weighted by Crippen LogP contribution is -2.27. The fraction of sp³-hybridized carbons (Fsp3) is 0.100. The van der Waals surface area contributed by atoms with E-state index in [2.05, 4.69) is 15.9 Å². The van der Waals surface area contributed by atoms with Gasteiger partial charge in [-0.25, -0.2) is 0 Å². The van der Waals surface area contributed by atoms with Gasteiger partial charge in [-0.05, 0) is 23.8 Å². The SMILES string of the molecule is O=C1C=Cc2c(Br)cccc2C1(F)F. The van der Waals surface area contributed by atoms with Gasteiger partial charge in [0.05, 0.1) is 0 Å². The molecule has 14 heavy (non-hydrogen) atoms. The first-order chi connectivity index (χ1) is 6.53. The Morgan fingerprint density at radius 3 is 2.64 bits per heavy atom. The molecule has 1 aromatic carbocycles. The van der Waals surface area contributed by atoms with Crippen LogP contribution in [0, 0.1) is 0 Å². The summed E-state index contributed by atoms with van der Waals surface area (Å²) in [4.78, 5) is 10.9. The molecule has 1 aliphatic rings. The molecular weight excluding hydrogens is 254 g/mol. The third-order valence-electron chi connectivity index (χ3n) is 2.10. The van der Waals surface area contributed by atoms with E-state index in [1.807, 2.05) is 0 Å². The average molecular weight is 259 g/mol. The molecule has 0 atom stereocenters. The van der Waals surface area contributed by atoms with Crippen LogP contribution in [0.15, 0.2) is 28.7 Å². The van der Waals surface area contributed by atoms with E-state index in [-0.39, 0.29) is 5.56 Å². The Kier molecular flexibility index (Phi) is 2.03. The van der Waals surface area contributed by atoms with Crippen molar-refractivity contribution in [3.05, 3.63) is 39.9 Å². The summed E-state index contributed by atoms with van der Waals surface area (Å²) in [7, 11) is 0. The molecule has 2 rings (SSSR count). The van der Waals surface area contributed by atoms with Crippen molar-refractivity contribution in [2.75, 3.05) is 0 Å². The number of carbonyl (C=O) groups excluding carboxylic acids is 1. The molecule has 0 aliphatic heterocycles. The van der Waals surface area contributed by atoms with Gasteiger partial charge in [-0.3, -0.25) is 4.79 Å². The lowest BCUT2D eigenvalue weighted by Gasteiger charge is -2.20. The Morgan fingerprint density at radius 1 is 1.21 bits per heavy atom. The molecule has 0 saturated carbocycles. The summed E-state index contributed by atoms with van der Waals surface area (Å²) in [6.07, 6.45) is 2.31. The van der Waals surface area contributed by atoms with Crippen molar-refractivity contribution in [3.63, 3.8) is 0 Å². The van der Waals surface area contributed by atoms with Crippen LogP contribution in [0.5, 0.6) is 0 Å². The summed E-state index contributed by atoms with van der Waals surface area (Å²) < 4.78 is 27.3. The van der Waals surface area contributed by atoms with Crippen LogP contribution in [0.4, 0.5) is 8.78 Å². The molecule has 0 heterocycles. The number of rotatable bonds is 0. The van der Waals surface area contributed by atoms with Crippen molar-refractivity contribution < 1.29 is 13.6 Å². The maximum Gasteiger partial charge on any atom is 0.334 e. The minimum absolute atomic E-state index is 0.237. The van der Waals surface area contributed by atoms with Gasteiger partial charge in [0, 0.05) is 10.0 Å². The van der Waals surface area contributed by atoms with Crippen molar-refractivity contribution in [2.45, 2.75) is 5.92 Å². The zero-order valence-electron chi connectivity index (χ0n) is 6.93. The largest absolute Gasteiger partial charge is 0.334 e. The highest BCUT2D eigenvalue weighted by Gasteiger charge is 2.42. The molecule has 1 aromatic rings. The summed E-state index contributed by atoms with van der Waals surface area (Å²) in [6.45, 7) is 0. The third kappa shape index (κ3) is 1.21. The molecule has 0 spiro atoms. The normalized spacial score (nSPS) is 18.1. The Hall–Kier alpha value is -1.03. The maximum atomic E-state index is 13.3. The van der Waals surface area contributed by atoms with Crippen molar-refractivity contribution in [2.24, 2.45) is 0 Å². The van der Waals surface area contributed by atoms with Crippen molar-refractivity contribution in [1.29, 1.82) is 0 Å². The number of ketones is 1. The van der Waals surface area contributed by atoms with Gasteiger partial charge in [-0.2, -0.15) is 8.78 Å². The summed E-state index contributed by atoms with van der Waals surface area (Å²) in [5, 5.41) is 0. The molecule has 0 aromatic heterocycles. The fourth-order valence-electron chi connectivity index (χ4n) is 1.38. The van der Waals surface area contributed by atoms with Crippen LogP contribution < -0.4 is 0 Å². The number of halogens is 3. The molecule has 0 unspecified atom stereocenters. The second kappa shape index (κ2) is 2.98. The van der Waals surface area contributed by atoms with Gasteiger partial charge >= 0.3 is 5.92 Å². The highest BCUT2D eigenvalue weighted by molar-refractivity contribution is 9.10. The Morgan fingerprint density at radius 2 is 1.93 bits per heavy atom. The van der Waals surface area contributed by atoms with E-state index in [0.29, 0.717) is 10.0 Å². The smallest absolute Gasteiger partial charge is 0.288 e. The molecule has 4 heteroatoms. The summed E-state index contributed by atoms with van der Waals surface area (Å²) in [6, 6.07) is 4.42. The molecule has 72 valence electrons. The number of benzene rings is 1. The van der Waals surface area contributed by atoms with E-state index in [9.17, 15) is 13.6 Å². The first kappa shape index (κ1) is 9.52. The first-order valence-corrected chi connectivity index (χ1v) is 4.72. The minimum Gasteiger partial charge on any atom is -0.288 e. The van der Waals surface area contributed by atoms with Gasteiger partial charge in [-0.1, -0.05) is 28.1 Å².